The summed E-state index contributed by atoms with van der Waals surface area (Å²) in [6.07, 6.45) is 3.18. The molecule has 0 aliphatic rings. The summed E-state index contributed by atoms with van der Waals surface area (Å²) < 4.78 is 69.4. The Morgan fingerprint density at radius 1 is 0.941 bits per heavy atom. The Hall–Kier alpha value is -3.80. The molecule has 12 heteroatoms. The second kappa shape index (κ2) is 9.59. The lowest BCUT2D eigenvalue weighted by molar-refractivity contribution is -0.113. The van der Waals surface area contributed by atoms with Crippen LogP contribution in [0.4, 0.5) is 27.6 Å². The zero-order valence-electron chi connectivity index (χ0n) is 17.3. The third-order valence-corrected chi connectivity index (χ3v) is 5.64. The second-order valence-electron chi connectivity index (χ2n) is 6.95. The highest BCUT2D eigenvalue weighted by Crippen LogP contribution is 2.30. The van der Waals surface area contributed by atoms with Gasteiger partial charge in [-0.05, 0) is 30.7 Å². The van der Waals surface area contributed by atoms with Crippen molar-refractivity contribution >= 4 is 23.4 Å². The van der Waals surface area contributed by atoms with E-state index in [0.717, 1.165) is 17.3 Å². The third kappa shape index (κ3) is 4.36. The number of thioether (sulfide) groups is 1. The van der Waals surface area contributed by atoms with Gasteiger partial charge in [-0.2, -0.15) is 0 Å². The van der Waals surface area contributed by atoms with E-state index in [2.05, 4.69) is 15.2 Å². The van der Waals surface area contributed by atoms with Gasteiger partial charge in [-0.25, -0.2) is 22.0 Å². The molecule has 4 aromatic rings. The highest BCUT2D eigenvalue weighted by atomic mass is 32.2. The zero-order valence-corrected chi connectivity index (χ0v) is 18.1. The van der Waals surface area contributed by atoms with E-state index in [0.29, 0.717) is 17.1 Å². The zero-order chi connectivity index (χ0) is 24.4. The Balaban J connectivity index is 1.63. The lowest BCUT2D eigenvalue weighted by Gasteiger charge is -2.13. The molecule has 174 valence electrons. The van der Waals surface area contributed by atoms with Crippen molar-refractivity contribution in [3.05, 3.63) is 83.4 Å². The highest BCUT2D eigenvalue weighted by molar-refractivity contribution is 7.99. The topological polar surface area (TPSA) is 72.7 Å². The number of aryl methyl sites for hydroxylation is 1. The molecule has 6 nitrogen and oxygen atoms in total. The predicted octanol–water partition coefficient (Wildman–Crippen LogP) is 5.06. The summed E-state index contributed by atoms with van der Waals surface area (Å²) in [6.45, 7) is 1.87. The van der Waals surface area contributed by atoms with E-state index in [9.17, 15) is 26.7 Å². The third-order valence-electron chi connectivity index (χ3n) is 4.72. The number of aromatic nitrogens is 4. The molecule has 1 amide bonds. The summed E-state index contributed by atoms with van der Waals surface area (Å²) in [4.78, 5) is 16.4. The number of hydrogen-bond acceptors (Lipinski definition) is 5. The van der Waals surface area contributed by atoms with Gasteiger partial charge < -0.3 is 5.32 Å². The molecule has 0 atom stereocenters. The molecule has 2 aromatic heterocycles. The van der Waals surface area contributed by atoms with Crippen LogP contribution in [-0.2, 0) is 4.79 Å². The monoisotopic (exact) mass is 491 g/mol. The van der Waals surface area contributed by atoms with E-state index in [1.165, 1.54) is 0 Å². The fourth-order valence-corrected chi connectivity index (χ4v) is 3.84. The van der Waals surface area contributed by atoms with Crippen LogP contribution >= 0.6 is 11.8 Å². The first-order valence-electron chi connectivity index (χ1n) is 9.65. The van der Waals surface area contributed by atoms with Crippen LogP contribution in [0.5, 0.6) is 0 Å². The fourth-order valence-electron chi connectivity index (χ4n) is 3.10. The number of carbonyl (C=O) groups excluding carboxylic acids is 1. The largest absolute Gasteiger partial charge is 0.320 e. The molecule has 0 saturated carbocycles. The maximum Gasteiger partial charge on any atom is 0.235 e. The van der Waals surface area contributed by atoms with Gasteiger partial charge in [0.25, 0.3) is 0 Å². The van der Waals surface area contributed by atoms with Gasteiger partial charge >= 0.3 is 0 Å². The first-order valence-corrected chi connectivity index (χ1v) is 10.6. The minimum atomic E-state index is -2.31. The smallest absolute Gasteiger partial charge is 0.235 e. The fraction of sp³-hybridized carbons (Fsp3) is 0.0909. The van der Waals surface area contributed by atoms with Crippen LogP contribution in [0.3, 0.4) is 0 Å². The Bertz CT molecular complexity index is 1350. The van der Waals surface area contributed by atoms with Gasteiger partial charge in [0.1, 0.15) is 5.69 Å². The van der Waals surface area contributed by atoms with Gasteiger partial charge in [0.05, 0.1) is 11.4 Å². The number of anilines is 1. The van der Waals surface area contributed by atoms with Gasteiger partial charge in [-0.1, -0.05) is 30.0 Å². The number of hydrogen-bond donors (Lipinski definition) is 1. The van der Waals surface area contributed by atoms with E-state index in [1.54, 1.807) is 40.5 Å². The molecule has 0 spiro atoms. The van der Waals surface area contributed by atoms with Crippen molar-refractivity contribution in [3.63, 3.8) is 0 Å². The Labute approximate surface area is 193 Å². The second-order valence-corrected chi connectivity index (χ2v) is 7.89. The van der Waals surface area contributed by atoms with Crippen molar-refractivity contribution in [2.75, 3.05) is 11.1 Å². The molecule has 2 aromatic carbocycles. The summed E-state index contributed by atoms with van der Waals surface area (Å²) in [5, 5.41) is 10.3. The molecule has 34 heavy (non-hydrogen) atoms. The summed E-state index contributed by atoms with van der Waals surface area (Å²) in [6, 6.07) is 10.8. The minimum absolute atomic E-state index is 0.265. The number of nitrogens with one attached hydrogen (secondary N) is 1. The number of pyridine rings is 1. The standard InChI is InChI=1S/C22H14F5N5OS/c1-11-5-2-3-7-13(11)32-21(12-6-4-8-28-9-12)30-31-22(32)34-10-14(33)29-20-18(26)16(24)15(23)17(25)19(20)27/h2-9H,10H2,1H3,(H,29,33). The molecule has 2 heterocycles. The van der Waals surface area contributed by atoms with Crippen LogP contribution in [0.1, 0.15) is 5.56 Å². The number of benzene rings is 2. The SMILES string of the molecule is Cc1ccccc1-n1c(SCC(=O)Nc2c(F)c(F)c(F)c(F)c2F)nnc1-c1cccnc1. The number of halogens is 5. The average molecular weight is 491 g/mol. The maximum absolute atomic E-state index is 13.9. The van der Waals surface area contributed by atoms with Crippen molar-refractivity contribution in [2.45, 2.75) is 12.1 Å². The highest BCUT2D eigenvalue weighted by Gasteiger charge is 2.27. The molecule has 0 aliphatic carbocycles. The normalized spacial score (nSPS) is 11.0. The van der Waals surface area contributed by atoms with E-state index in [-0.39, 0.29) is 5.16 Å². The molecular weight excluding hydrogens is 477 g/mol. The number of amides is 1. The molecule has 4 rings (SSSR count). The number of carbonyl (C=O) groups is 1. The molecule has 0 radical (unpaired) electrons. The van der Waals surface area contributed by atoms with E-state index in [1.807, 2.05) is 25.1 Å². The van der Waals surface area contributed by atoms with Gasteiger partial charge in [-0.3, -0.25) is 14.3 Å². The molecule has 0 aliphatic heterocycles. The summed E-state index contributed by atoms with van der Waals surface area (Å²) in [5.74, 6) is -11.9. The first-order chi connectivity index (χ1) is 16.3. The van der Waals surface area contributed by atoms with Crippen LogP contribution < -0.4 is 5.32 Å². The van der Waals surface area contributed by atoms with Crippen molar-refractivity contribution in [1.82, 2.24) is 19.7 Å². The molecule has 0 fully saturated rings. The van der Waals surface area contributed by atoms with E-state index in [4.69, 9.17) is 0 Å². The summed E-state index contributed by atoms with van der Waals surface area (Å²) >= 11 is 0.867. The predicted molar refractivity (Wildman–Crippen MR) is 115 cm³/mol. The van der Waals surface area contributed by atoms with Crippen molar-refractivity contribution in [1.29, 1.82) is 0 Å². The lowest BCUT2D eigenvalue weighted by atomic mass is 10.2. The van der Waals surface area contributed by atoms with Crippen LogP contribution in [0.25, 0.3) is 17.1 Å². The number of nitrogens with zero attached hydrogens (tertiary/aromatic N) is 4. The van der Waals surface area contributed by atoms with E-state index >= 15 is 0 Å². The van der Waals surface area contributed by atoms with Crippen LogP contribution in [0.2, 0.25) is 0 Å². The quantitative estimate of drug-likeness (QED) is 0.177. The van der Waals surface area contributed by atoms with Gasteiger partial charge in [0.2, 0.25) is 11.7 Å². The van der Waals surface area contributed by atoms with Gasteiger partial charge in [0.15, 0.2) is 34.2 Å². The first kappa shape index (κ1) is 23.4. The Morgan fingerprint density at radius 2 is 1.62 bits per heavy atom. The molecule has 0 bridgehead atoms. The van der Waals surface area contributed by atoms with Crippen molar-refractivity contribution in [2.24, 2.45) is 0 Å². The van der Waals surface area contributed by atoms with Gasteiger partial charge in [0, 0.05) is 18.0 Å². The molecule has 0 saturated heterocycles. The van der Waals surface area contributed by atoms with Crippen LogP contribution in [-0.4, -0.2) is 31.4 Å². The van der Waals surface area contributed by atoms with Gasteiger partial charge in [-0.15, -0.1) is 10.2 Å². The molecule has 0 unspecified atom stereocenters. The van der Waals surface area contributed by atoms with Crippen LogP contribution in [0, 0.1) is 36.0 Å². The minimum Gasteiger partial charge on any atom is -0.320 e. The molecular formula is C22H14F5N5OS. The Kier molecular flexibility index (Phi) is 6.59. The number of para-hydroxylation sites is 1. The molecule has 1 N–H and O–H groups in total. The maximum atomic E-state index is 13.9. The van der Waals surface area contributed by atoms with Crippen LogP contribution in [0.15, 0.2) is 53.9 Å². The number of rotatable bonds is 6. The Morgan fingerprint density at radius 3 is 2.26 bits per heavy atom. The van der Waals surface area contributed by atoms with Crippen molar-refractivity contribution in [3.8, 4) is 17.1 Å². The van der Waals surface area contributed by atoms with Crippen molar-refractivity contribution < 1.29 is 26.7 Å². The average Bonchev–Trinajstić information content (AvgIpc) is 3.27. The summed E-state index contributed by atoms with van der Waals surface area (Å²) in [7, 11) is 0. The van der Waals surface area contributed by atoms with E-state index < -0.39 is 46.4 Å². The lowest BCUT2D eigenvalue weighted by Crippen LogP contribution is -2.18. The summed E-state index contributed by atoms with van der Waals surface area (Å²) in [5.41, 5.74) is 0.823.